The van der Waals surface area contributed by atoms with Crippen molar-refractivity contribution >= 4 is 40.3 Å². The minimum absolute atomic E-state index is 0.0357. The van der Waals surface area contributed by atoms with Gasteiger partial charge in [-0.15, -0.1) is 0 Å². The molecule has 0 saturated carbocycles. The first kappa shape index (κ1) is 21.6. The van der Waals surface area contributed by atoms with Gasteiger partial charge in [-0.1, -0.05) is 29.8 Å². The van der Waals surface area contributed by atoms with Crippen LogP contribution in [0.15, 0.2) is 71.7 Å². The Balaban J connectivity index is 1.33. The molecule has 8 heteroatoms. The zero-order chi connectivity index (χ0) is 22.9. The van der Waals surface area contributed by atoms with E-state index < -0.39 is 5.82 Å². The Bertz CT molecular complexity index is 1220. The van der Waals surface area contributed by atoms with Crippen LogP contribution in [0.25, 0.3) is 0 Å². The van der Waals surface area contributed by atoms with Crippen molar-refractivity contribution in [2.75, 3.05) is 42.6 Å². The molecule has 1 saturated heterocycles. The van der Waals surface area contributed by atoms with E-state index in [0.717, 1.165) is 43.1 Å². The summed E-state index contributed by atoms with van der Waals surface area (Å²) in [6.45, 7) is 3.54. The summed E-state index contributed by atoms with van der Waals surface area (Å²) in [5.74, 6) is -0.971. The highest BCUT2D eigenvalue weighted by Gasteiger charge is 2.35. The van der Waals surface area contributed by atoms with Crippen molar-refractivity contribution in [2.24, 2.45) is 4.99 Å². The Hall–Kier alpha value is -3.29. The van der Waals surface area contributed by atoms with Crippen LogP contribution < -0.4 is 9.80 Å². The van der Waals surface area contributed by atoms with Crippen LogP contribution in [0, 0.1) is 11.6 Å². The molecule has 0 N–H and O–H groups in total. The second-order valence-corrected chi connectivity index (χ2v) is 8.44. The van der Waals surface area contributed by atoms with Gasteiger partial charge in [0.25, 0.3) is 5.91 Å². The molecule has 5 nitrogen and oxygen atoms in total. The van der Waals surface area contributed by atoms with E-state index in [4.69, 9.17) is 11.6 Å². The van der Waals surface area contributed by atoms with E-state index in [9.17, 15) is 13.6 Å². The second kappa shape index (κ2) is 8.92. The van der Waals surface area contributed by atoms with Crippen molar-refractivity contribution in [1.82, 2.24) is 4.90 Å². The van der Waals surface area contributed by atoms with Crippen LogP contribution in [0.1, 0.15) is 5.56 Å². The molecule has 168 valence electrons. The summed E-state index contributed by atoms with van der Waals surface area (Å²) in [6, 6.07) is 18.2. The summed E-state index contributed by atoms with van der Waals surface area (Å²) in [5.41, 5.74) is 3.28. The molecule has 0 atom stereocenters. The Morgan fingerprint density at radius 2 is 1.64 bits per heavy atom. The molecule has 33 heavy (non-hydrogen) atoms. The maximum atomic E-state index is 13.5. The van der Waals surface area contributed by atoms with Crippen LogP contribution in [-0.4, -0.2) is 49.4 Å². The lowest BCUT2D eigenvalue weighted by atomic mass is 10.1. The van der Waals surface area contributed by atoms with Gasteiger partial charge in [-0.3, -0.25) is 14.6 Å². The van der Waals surface area contributed by atoms with Gasteiger partial charge in [0, 0.05) is 37.4 Å². The van der Waals surface area contributed by atoms with Gasteiger partial charge < -0.3 is 4.90 Å². The van der Waals surface area contributed by atoms with Gasteiger partial charge in [0.1, 0.15) is 17.3 Å². The first-order valence-electron chi connectivity index (χ1n) is 10.7. The number of anilines is 2. The number of hydrogen-bond donors (Lipinski definition) is 0. The Kier molecular flexibility index (Phi) is 5.83. The average molecular weight is 467 g/mol. The lowest BCUT2D eigenvalue weighted by Crippen LogP contribution is -2.51. The molecular weight excluding hydrogens is 446 g/mol. The van der Waals surface area contributed by atoms with E-state index in [1.54, 1.807) is 17.0 Å². The number of aliphatic imine (C=N–C) groups is 1. The van der Waals surface area contributed by atoms with Crippen molar-refractivity contribution < 1.29 is 13.6 Å². The standard InChI is InChI=1S/C25H21ClF2N4O/c26-21-15-18(7-10-22(21)28)29-24-20-3-1-2-4-23(20)32(25(24)33)16-30-11-13-31(14-12-30)19-8-5-17(27)6-9-19/h1-10,15H,11-14,16H2. The third kappa shape index (κ3) is 4.34. The van der Waals surface area contributed by atoms with Crippen molar-refractivity contribution in [1.29, 1.82) is 0 Å². The van der Waals surface area contributed by atoms with Crippen LogP contribution >= 0.6 is 11.6 Å². The fourth-order valence-corrected chi connectivity index (χ4v) is 4.37. The molecule has 1 amide bonds. The van der Waals surface area contributed by atoms with Gasteiger partial charge in [0.05, 0.1) is 23.1 Å². The fraction of sp³-hybridized carbons (Fsp3) is 0.200. The summed E-state index contributed by atoms with van der Waals surface area (Å²) in [6.07, 6.45) is 0. The van der Waals surface area contributed by atoms with E-state index in [1.165, 1.54) is 30.3 Å². The molecule has 0 spiro atoms. The number of fused-ring (bicyclic) bond motifs is 1. The van der Waals surface area contributed by atoms with Crippen molar-refractivity contribution in [3.63, 3.8) is 0 Å². The summed E-state index contributed by atoms with van der Waals surface area (Å²) in [4.78, 5) is 24.0. The number of nitrogens with zero attached hydrogens (tertiary/aromatic N) is 4. The Labute approximate surface area is 195 Å². The number of carbonyl (C=O) groups is 1. The third-order valence-corrected chi connectivity index (χ3v) is 6.24. The molecule has 2 heterocycles. The SMILES string of the molecule is O=C1C(=Nc2ccc(F)c(Cl)c2)c2ccccc2N1CN1CCN(c2ccc(F)cc2)CC1. The topological polar surface area (TPSA) is 39.2 Å². The average Bonchev–Trinajstić information content (AvgIpc) is 3.08. The maximum absolute atomic E-state index is 13.5. The van der Waals surface area contributed by atoms with Gasteiger partial charge in [0.2, 0.25) is 0 Å². The summed E-state index contributed by atoms with van der Waals surface area (Å²) in [7, 11) is 0. The summed E-state index contributed by atoms with van der Waals surface area (Å²) >= 11 is 5.89. The normalized spacial score (nSPS) is 17.7. The highest BCUT2D eigenvalue weighted by Crippen LogP contribution is 2.32. The van der Waals surface area contributed by atoms with Crippen LogP contribution in [0.3, 0.4) is 0 Å². The van der Waals surface area contributed by atoms with Crippen LogP contribution in [0.4, 0.5) is 25.8 Å². The smallest absolute Gasteiger partial charge is 0.278 e. The molecule has 0 bridgehead atoms. The zero-order valence-corrected chi connectivity index (χ0v) is 18.5. The number of piperazine rings is 1. The molecular formula is C25H21ClF2N4O. The number of hydrogen-bond acceptors (Lipinski definition) is 4. The van der Waals surface area contributed by atoms with Gasteiger partial charge in [-0.05, 0) is 48.5 Å². The van der Waals surface area contributed by atoms with E-state index in [-0.39, 0.29) is 16.7 Å². The number of carbonyl (C=O) groups excluding carboxylic acids is 1. The first-order chi connectivity index (χ1) is 16.0. The minimum atomic E-state index is -0.528. The summed E-state index contributed by atoms with van der Waals surface area (Å²) < 4.78 is 26.7. The highest BCUT2D eigenvalue weighted by molar-refractivity contribution is 6.54. The quantitative estimate of drug-likeness (QED) is 0.551. The zero-order valence-electron chi connectivity index (χ0n) is 17.7. The minimum Gasteiger partial charge on any atom is -0.369 e. The maximum Gasteiger partial charge on any atom is 0.278 e. The number of halogens is 3. The molecule has 3 aromatic rings. The monoisotopic (exact) mass is 466 g/mol. The number of amides is 1. The third-order valence-electron chi connectivity index (χ3n) is 5.95. The fourth-order valence-electron chi connectivity index (χ4n) is 4.19. The highest BCUT2D eigenvalue weighted by atomic mass is 35.5. The molecule has 0 aromatic heterocycles. The van der Waals surface area contributed by atoms with Crippen LogP contribution in [-0.2, 0) is 4.79 Å². The largest absolute Gasteiger partial charge is 0.369 e. The van der Waals surface area contributed by atoms with Gasteiger partial charge in [-0.2, -0.15) is 0 Å². The second-order valence-electron chi connectivity index (χ2n) is 8.03. The molecule has 2 aliphatic heterocycles. The molecule has 2 aliphatic rings. The number of rotatable bonds is 4. The summed E-state index contributed by atoms with van der Waals surface area (Å²) in [5, 5.41) is -0.0357. The Morgan fingerprint density at radius 3 is 2.36 bits per heavy atom. The van der Waals surface area contributed by atoms with Crippen LogP contribution in [0.2, 0.25) is 5.02 Å². The van der Waals surface area contributed by atoms with E-state index in [0.29, 0.717) is 18.1 Å². The van der Waals surface area contributed by atoms with Gasteiger partial charge >= 0.3 is 0 Å². The lowest BCUT2D eigenvalue weighted by molar-refractivity contribution is -0.112. The lowest BCUT2D eigenvalue weighted by Gasteiger charge is -2.37. The molecule has 0 aliphatic carbocycles. The number of para-hydroxylation sites is 1. The first-order valence-corrected chi connectivity index (χ1v) is 11.1. The van der Waals surface area contributed by atoms with Gasteiger partial charge in [0.15, 0.2) is 0 Å². The van der Waals surface area contributed by atoms with Crippen molar-refractivity contribution in [3.05, 3.63) is 89.0 Å². The molecule has 5 rings (SSSR count). The predicted molar refractivity (Wildman–Crippen MR) is 127 cm³/mol. The predicted octanol–water partition coefficient (Wildman–Crippen LogP) is 4.87. The van der Waals surface area contributed by atoms with E-state index >= 15 is 0 Å². The van der Waals surface area contributed by atoms with Crippen molar-refractivity contribution in [2.45, 2.75) is 0 Å². The molecule has 1 fully saturated rings. The molecule has 0 radical (unpaired) electrons. The van der Waals surface area contributed by atoms with E-state index in [2.05, 4.69) is 14.8 Å². The van der Waals surface area contributed by atoms with Crippen LogP contribution in [0.5, 0.6) is 0 Å². The number of benzene rings is 3. The van der Waals surface area contributed by atoms with E-state index in [1.807, 2.05) is 24.3 Å². The van der Waals surface area contributed by atoms with Gasteiger partial charge in [-0.25, -0.2) is 13.8 Å². The molecule has 3 aromatic carbocycles. The Morgan fingerprint density at radius 1 is 0.909 bits per heavy atom. The van der Waals surface area contributed by atoms with Crippen molar-refractivity contribution in [3.8, 4) is 0 Å². The molecule has 0 unspecified atom stereocenters.